The van der Waals surface area contributed by atoms with Gasteiger partial charge in [-0.1, -0.05) is 36.3 Å². The first-order valence-electron chi connectivity index (χ1n) is 13.0. The second-order valence-corrected chi connectivity index (χ2v) is 10.3. The highest BCUT2D eigenvalue weighted by Gasteiger charge is 2.36. The molecule has 0 unspecified atom stereocenters. The summed E-state index contributed by atoms with van der Waals surface area (Å²) in [7, 11) is 0. The Morgan fingerprint density at radius 2 is 1.65 bits per heavy atom. The highest BCUT2D eigenvalue weighted by atomic mass is 16.5. The van der Waals surface area contributed by atoms with Crippen LogP contribution in [0, 0.1) is 5.92 Å². The fourth-order valence-electron chi connectivity index (χ4n) is 5.97. The summed E-state index contributed by atoms with van der Waals surface area (Å²) in [5.41, 5.74) is 4.78. The number of piperidine rings is 1. The smallest absolute Gasteiger partial charge is 0.289 e. The summed E-state index contributed by atoms with van der Waals surface area (Å²) in [5.74, 6) is 1.62. The first-order chi connectivity index (χ1) is 18.1. The number of anilines is 2. The number of hydrogen-bond donors (Lipinski definition) is 0. The highest BCUT2D eigenvalue weighted by Crippen LogP contribution is 2.47. The van der Waals surface area contributed by atoms with Crippen LogP contribution in [0.5, 0.6) is 0 Å². The molecule has 3 aliphatic rings. The maximum Gasteiger partial charge on any atom is 0.289 e. The van der Waals surface area contributed by atoms with Crippen molar-refractivity contribution in [2.75, 3.05) is 49.1 Å². The van der Waals surface area contributed by atoms with Crippen LogP contribution in [-0.4, -0.2) is 61.0 Å². The van der Waals surface area contributed by atoms with E-state index in [2.05, 4.69) is 27.9 Å². The van der Waals surface area contributed by atoms with Crippen LogP contribution in [0.4, 0.5) is 11.4 Å². The molecule has 8 nitrogen and oxygen atoms in total. The Balaban J connectivity index is 1.32. The van der Waals surface area contributed by atoms with Crippen LogP contribution in [0.1, 0.15) is 46.2 Å². The maximum absolute atomic E-state index is 13.9. The molecule has 188 valence electrons. The lowest BCUT2D eigenvalue weighted by Crippen LogP contribution is -2.49. The molecule has 2 fully saturated rings. The number of fused-ring (bicyclic) bond motifs is 2. The van der Waals surface area contributed by atoms with E-state index < -0.39 is 0 Å². The molecule has 0 bridgehead atoms. The normalized spacial score (nSPS) is 18.0. The Hall–Kier alpha value is -4.07. The third-order valence-corrected chi connectivity index (χ3v) is 8.12. The predicted octanol–water partition coefficient (Wildman–Crippen LogP) is 4.83. The topological polar surface area (TPSA) is 83.0 Å². The molecule has 1 amide bonds. The van der Waals surface area contributed by atoms with Gasteiger partial charge in [0.25, 0.3) is 5.91 Å². The van der Waals surface area contributed by atoms with Gasteiger partial charge in [-0.05, 0) is 37.0 Å². The fraction of sp³-hybridized carbons (Fsp3) is 0.345. The second kappa shape index (κ2) is 8.50. The quantitative estimate of drug-likeness (QED) is 0.354. The predicted molar refractivity (Wildman–Crippen MR) is 140 cm³/mol. The number of hydrogen-bond acceptors (Lipinski definition) is 7. The largest absolute Gasteiger partial charge is 0.459 e. The minimum absolute atomic E-state index is 0.000733. The molecule has 0 N–H and O–H groups in total. The molecule has 0 radical (unpaired) electrons. The van der Waals surface area contributed by atoms with Gasteiger partial charge < -0.3 is 23.6 Å². The lowest BCUT2D eigenvalue weighted by Gasteiger charge is -2.38. The minimum atomic E-state index is -0.101. The average Bonchev–Trinajstić information content (AvgIpc) is 3.63. The zero-order valence-corrected chi connectivity index (χ0v) is 20.8. The molecule has 0 saturated carbocycles. The zero-order valence-electron chi connectivity index (χ0n) is 20.8. The van der Waals surface area contributed by atoms with Crippen LogP contribution in [0.15, 0.2) is 57.7 Å². The van der Waals surface area contributed by atoms with E-state index in [-0.39, 0.29) is 11.7 Å². The van der Waals surface area contributed by atoms with E-state index in [0.717, 1.165) is 53.8 Å². The van der Waals surface area contributed by atoms with Gasteiger partial charge >= 0.3 is 0 Å². The van der Waals surface area contributed by atoms with Gasteiger partial charge in [0.15, 0.2) is 17.3 Å². The summed E-state index contributed by atoms with van der Waals surface area (Å²) in [4.78, 5) is 33.2. The van der Waals surface area contributed by atoms with Gasteiger partial charge in [0.1, 0.15) is 5.52 Å². The lowest BCUT2D eigenvalue weighted by atomic mass is 9.85. The van der Waals surface area contributed by atoms with Crippen LogP contribution in [-0.2, 0) is 0 Å². The minimum Gasteiger partial charge on any atom is -0.459 e. The molecule has 4 heterocycles. The third kappa shape index (κ3) is 3.46. The molecule has 0 spiro atoms. The number of rotatable bonds is 3. The fourth-order valence-corrected chi connectivity index (χ4v) is 5.97. The summed E-state index contributed by atoms with van der Waals surface area (Å²) in [6.45, 7) is 6.55. The van der Waals surface area contributed by atoms with E-state index in [9.17, 15) is 9.59 Å². The van der Waals surface area contributed by atoms with Crippen LogP contribution < -0.4 is 9.80 Å². The Labute approximate surface area is 214 Å². The van der Waals surface area contributed by atoms with Crippen molar-refractivity contribution in [1.82, 2.24) is 10.1 Å². The molecule has 4 aromatic rings. The molecule has 2 saturated heterocycles. The lowest BCUT2D eigenvalue weighted by molar-refractivity contribution is 0.0714. The van der Waals surface area contributed by atoms with Crippen molar-refractivity contribution < 1.29 is 18.5 Å². The van der Waals surface area contributed by atoms with Gasteiger partial charge in [-0.25, -0.2) is 0 Å². The standard InChI is InChI=1S/C29H28N4O4/c1-18-8-10-31(11-9-18)22-17-21(32-12-14-33(15-13-32)29(35)23-7-4-16-36-23)24-25-26(22)30-37-28(25)20-6-3-2-5-19(20)27(24)34/h2-7,16-18H,8-15H2,1H3. The number of benzene rings is 2. The molecule has 2 aliphatic heterocycles. The van der Waals surface area contributed by atoms with Crippen molar-refractivity contribution in [2.45, 2.75) is 19.8 Å². The van der Waals surface area contributed by atoms with Crippen molar-refractivity contribution in [3.05, 3.63) is 65.6 Å². The van der Waals surface area contributed by atoms with Gasteiger partial charge in [-0.15, -0.1) is 0 Å². The average molecular weight is 497 g/mol. The van der Waals surface area contributed by atoms with Crippen LogP contribution in [0.2, 0.25) is 0 Å². The number of furan rings is 1. The summed E-state index contributed by atoms with van der Waals surface area (Å²) in [6.07, 6.45) is 3.77. The van der Waals surface area contributed by atoms with Crippen LogP contribution in [0.3, 0.4) is 0 Å². The number of amides is 1. The van der Waals surface area contributed by atoms with Gasteiger partial charge in [0.05, 0.1) is 28.6 Å². The number of nitrogens with zero attached hydrogens (tertiary/aromatic N) is 4. The molecule has 0 atom stereocenters. The molecular weight excluding hydrogens is 468 g/mol. The van der Waals surface area contributed by atoms with Gasteiger partial charge in [0.2, 0.25) is 0 Å². The number of carbonyl (C=O) groups excluding carboxylic acids is 2. The van der Waals surface area contributed by atoms with E-state index in [1.54, 1.807) is 12.1 Å². The van der Waals surface area contributed by atoms with Crippen LogP contribution in [0.25, 0.3) is 22.2 Å². The monoisotopic (exact) mass is 496 g/mol. The van der Waals surface area contributed by atoms with Gasteiger partial charge in [0, 0.05) is 50.4 Å². The van der Waals surface area contributed by atoms with E-state index in [1.807, 2.05) is 29.2 Å². The first kappa shape index (κ1) is 22.2. The molecule has 37 heavy (non-hydrogen) atoms. The van der Waals surface area contributed by atoms with Crippen LogP contribution >= 0.6 is 0 Å². The number of ketones is 1. The molecule has 2 aromatic heterocycles. The second-order valence-electron chi connectivity index (χ2n) is 10.3. The summed E-state index contributed by atoms with van der Waals surface area (Å²) >= 11 is 0. The summed E-state index contributed by atoms with van der Waals surface area (Å²) in [5, 5.41) is 5.33. The van der Waals surface area contributed by atoms with Crippen molar-refractivity contribution in [1.29, 1.82) is 0 Å². The van der Waals surface area contributed by atoms with E-state index >= 15 is 0 Å². The molecular formula is C29H28N4O4. The van der Waals surface area contributed by atoms with E-state index in [1.165, 1.54) is 6.26 Å². The van der Waals surface area contributed by atoms with Gasteiger partial charge in [-0.3, -0.25) is 9.59 Å². The summed E-state index contributed by atoms with van der Waals surface area (Å²) < 4.78 is 11.3. The summed E-state index contributed by atoms with van der Waals surface area (Å²) in [6, 6.07) is 13.2. The van der Waals surface area contributed by atoms with Gasteiger partial charge in [-0.2, -0.15) is 0 Å². The van der Waals surface area contributed by atoms with E-state index in [0.29, 0.717) is 54.7 Å². The Kier molecular flexibility index (Phi) is 5.09. The van der Waals surface area contributed by atoms with Crippen molar-refractivity contribution in [3.63, 3.8) is 0 Å². The third-order valence-electron chi connectivity index (χ3n) is 8.12. The number of piperazine rings is 1. The Morgan fingerprint density at radius 3 is 2.38 bits per heavy atom. The molecule has 1 aliphatic carbocycles. The molecule has 7 rings (SSSR count). The number of carbonyl (C=O) groups is 2. The Morgan fingerprint density at radius 1 is 0.919 bits per heavy atom. The van der Waals surface area contributed by atoms with E-state index in [4.69, 9.17) is 8.94 Å². The molecule has 2 aromatic carbocycles. The zero-order chi connectivity index (χ0) is 25.1. The highest BCUT2D eigenvalue weighted by molar-refractivity contribution is 6.28. The van der Waals surface area contributed by atoms with Crippen molar-refractivity contribution in [2.24, 2.45) is 5.92 Å². The van der Waals surface area contributed by atoms with Crippen molar-refractivity contribution in [3.8, 4) is 11.3 Å². The Bertz CT molecular complexity index is 1510. The SMILES string of the molecule is CC1CCN(c2cc(N3CCN(C(=O)c4ccco4)CC3)c3c4c(onc24)-c2ccccc2C3=O)CC1. The maximum atomic E-state index is 13.9. The first-order valence-corrected chi connectivity index (χ1v) is 13.0. The number of aromatic nitrogens is 1. The van der Waals surface area contributed by atoms with Crippen molar-refractivity contribution >= 4 is 34.0 Å². The molecule has 8 heteroatoms.